The van der Waals surface area contributed by atoms with Crippen LogP contribution in [0.3, 0.4) is 0 Å². The van der Waals surface area contributed by atoms with Crippen molar-refractivity contribution in [3.63, 3.8) is 0 Å². The summed E-state index contributed by atoms with van der Waals surface area (Å²) in [5.41, 5.74) is 3.56. The van der Waals surface area contributed by atoms with E-state index >= 15 is 0 Å². The smallest absolute Gasteiger partial charge is 0.191 e. The van der Waals surface area contributed by atoms with E-state index in [2.05, 4.69) is 52.0 Å². The first kappa shape index (κ1) is 19.9. The van der Waals surface area contributed by atoms with Gasteiger partial charge in [0.15, 0.2) is 5.96 Å². The van der Waals surface area contributed by atoms with Gasteiger partial charge in [0.25, 0.3) is 0 Å². The molecule has 0 aliphatic heterocycles. The molecule has 26 heavy (non-hydrogen) atoms. The second kappa shape index (κ2) is 12.1. The van der Waals surface area contributed by atoms with Gasteiger partial charge in [0.05, 0.1) is 19.8 Å². The molecule has 0 saturated heterocycles. The Morgan fingerprint density at radius 2 is 1.50 bits per heavy atom. The fraction of sp³-hybridized carbons (Fsp3) is 0.381. The molecule has 2 N–H and O–H groups in total. The van der Waals surface area contributed by atoms with Crippen molar-refractivity contribution in [3.8, 4) is 0 Å². The van der Waals surface area contributed by atoms with Crippen LogP contribution in [0, 0.1) is 0 Å². The molecule has 0 radical (unpaired) electrons. The van der Waals surface area contributed by atoms with Gasteiger partial charge < -0.3 is 20.1 Å². The van der Waals surface area contributed by atoms with E-state index in [0.29, 0.717) is 19.8 Å². The largest absolute Gasteiger partial charge is 0.380 e. The Balaban J connectivity index is 1.69. The van der Waals surface area contributed by atoms with Crippen LogP contribution in [0.1, 0.15) is 23.6 Å². The average Bonchev–Trinajstić information content (AvgIpc) is 2.69. The molecule has 0 heterocycles. The molecule has 0 fully saturated rings. The number of benzene rings is 2. The van der Waals surface area contributed by atoms with E-state index in [1.54, 1.807) is 7.05 Å². The van der Waals surface area contributed by atoms with Crippen molar-refractivity contribution in [2.45, 2.75) is 26.7 Å². The van der Waals surface area contributed by atoms with Crippen LogP contribution in [-0.4, -0.2) is 32.8 Å². The van der Waals surface area contributed by atoms with Crippen LogP contribution in [0.15, 0.2) is 59.6 Å². The zero-order valence-corrected chi connectivity index (χ0v) is 15.7. The summed E-state index contributed by atoms with van der Waals surface area (Å²) in [5.74, 6) is 0.778. The van der Waals surface area contributed by atoms with Gasteiger partial charge in [-0.2, -0.15) is 0 Å². The lowest BCUT2D eigenvalue weighted by Crippen LogP contribution is -2.38. The summed E-state index contributed by atoms with van der Waals surface area (Å²) in [7, 11) is 1.77. The first-order valence-corrected chi connectivity index (χ1v) is 9.03. The van der Waals surface area contributed by atoms with Gasteiger partial charge in [0.1, 0.15) is 0 Å². The third kappa shape index (κ3) is 7.68. The van der Waals surface area contributed by atoms with Gasteiger partial charge in [0.2, 0.25) is 0 Å². The van der Waals surface area contributed by atoms with Crippen molar-refractivity contribution in [1.82, 2.24) is 10.6 Å². The molecule has 5 nitrogen and oxygen atoms in total. The lowest BCUT2D eigenvalue weighted by molar-refractivity contribution is 0.107. The summed E-state index contributed by atoms with van der Waals surface area (Å²) in [6, 6.07) is 18.7. The summed E-state index contributed by atoms with van der Waals surface area (Å²) in [5, 5.41) is 6.52. The van der Waals surface area contributed by atoms with Gasteiger partial charge in [0, 0.05) is 26.7 Å². The summed E-state index contributed by atoms with van der Waals surface area (Å²) in [6.07, 6.45) is 0. The van der Waals surface area contributed by atoms with E-state index in [0.717, 1.165) is 25.7 Å². The van der Waals surface area contributed by atoms with E-state index in [1.807, 2.05) is 25.1 Å². The maximum absolute atomic E-state index is 5.77. The van der Waals surface area contributed by atoms with E-state index < -0.39 is 0 Å². The van der Waals surface area contributed by atoms with Gasteiger partial charge in [-0.25, -0.2) is 0 Å². The molecule has 140 valence electrons. The number of hydrogen-bond donors (Lipinski definition) is 2. The zero-order valence-electron chi connectivity index (χ0n) is 15.7. The molecule has 0 spiro atoms. The number of ether oxygens (including phenoxy) is 2. The van der Waals surface area contributed by atoms with Crippen molar-refractivity contribution in [2.24, 2.45) is 4.99 Å². The number of nitrogens with one attached hydrogen (secondary N) is 2. The first-order valence-electron chi connectivity index (χ1n) is 9.03. The molecule has 2 aromatic rings. The Labute approximate surface area is 156 Å². The summed E-state index contributed by atoms with van der Waals surface area (Å²) >= 11 is 0. The van der Waals surface area contributed by atoms with E-state index in [1.165, 1.54) is 16.7 Å². The maximum Gasteiger partial charge on any atom is 0.191 e. The molecule has 2 rings (SSSR count). The second-order valence-electron chi connectivity index (χ2n) is 5.84. The van der Waals surface area contributed by atoms with Crippen molar-refractivity contribution < 1.29 is 9.47 Å². The number of hydrogen-bond acceptors (Lipinski definition) is 3. The molecule has 0 unspecified atom stereocenters. The predicted molar refractivity (Wildman–Crippen MR) is 106 cm³/mol. The number of guanidine groups is 1. The molecule has 0 bridgehead atoms. The van der Waals surface area contributed by atoms with Crippen LogP contribution in [0.2, 0.25) is 0 Å². The monoisotopic (exact) mass is 355 g/mol. The standard InChI is InChI=1S/C21H29N3O2/c1-3-25-14-13-23-21(22-2)24-15-18-9-11-20(12-10-18)17-26-16-19-7-5-4-6-8-19/h4-12H,3,13-17H2,1-2H3,(H2,22,23,24). The third-order valence-corrected chi connectivity index (χ3v) is 3.83. The fourth-order valence-electron chi connectivity index (χ4n) is 2.41. The lowest BCUT2D eigenvalue weighted by Gasteiger charge is -2.12. The number of nitrogens with zero attached hydrogens (tertiary/aromatic N) is 1. The van der Waals surface area contributed by atoms with Crippen LogP contribution >= 0.6 is 0 Å². The highest BCUT2D eigenvalue weighted by molar-refractivity contribution is 5.79. The quantitative estimate of drug-likeness (QED) is 0.391. The minimum absolute atomic E-state index is 0.614. The minimum atomic E-state index is 0.614. The number of rotatable bonds is 10. The summed E-state index contributed by atoms with van der Waals surface area (Å²) in [4.78, 5) is 4.21. The Hall–Kier alpha value is -2.37. The Kier molecular flexibility index (Phi) is 9.25. The normalized spacial score (nSPS) is 11.4. The second-order valence-corrected chi connectivity index (χ2v) is 5.84. The van der Waals surface area contributed by atoms with Crippen molar-refractivity contribution >= 4 is 5.96 Å². The minimum Gasteiger partial charge on any atom is -0.380 e. The van der Waals surface area contributed by atoms with Crippen LogP contribution in [0.25, 0.3) is 0 Å². The molecule has 2 aromatic carbocycles. The fourth-order valence-corrected chi connectivity index (χ4v) is 2.41. The van der Waals surface area contributed by atoms with Crippen LogP contribution in [0.4, 0.5) is 0 Å². The van der Waals surface area contributed by atoms with Gasteiger partial charge in [-0.1, -0.05) is 54.6 Å². The van der Waals surface area contributed by atoms with Gasteiger partial charge in [-0.05, 0) is 23.6 Å². The van der Waals surface area contributed by atoms with E-state index in [9.17, 15) is 0 Å². The molecule has 0 saturated carbocycles. The Morgan fingerprint density at radius 1 is 0.846 bits per heavy atom. The summed E-state index contributed by atoms with van der Waals surface area (Å²) in [6.45, 7) is 6.11. The molecular formula is C21H29N3O2. The van der Waals surface area contributed by atoms with E-state index in [-0.39, 0.29) is 0 Å². The zero-order chi connectivity index (χ0) is 18.5. The topological polar surface area (TPSA) is 54.9 Å². The highest BCUT2D eigenvalue weighted by Crippen LogP contribution is 2.08. The maximum atomic E-state index is 5.77. The van der Waals surface area contributed by atoms with Crippen molar-refractivity contribution in [2.75, 3.05) is 26.8 Å². The van der Waals surface area contributed by atoms with Gasteiger partial charge in [-0.15, -0.1) is 0 Å². The molecule has 0 amide bonds. The Morgan fingerprint density at radius 3 is 2.15 bits per heavy atom. The molecule has 0 aliphatic carbocycles. The Bertz CT molecular complexity index is 642. The van der Waals surface area contributed by atoms with Crippen molar-refractivity contribution in [3.05, 3.63) is 71.3 Å². The predicted octanol–water partition coefficient (Wildman–Crippen LogP) is 3.10. The average molecular weight is 355 g/mol. The molecule has 0 atom stereocenters. The third-order valence-electron chi connectivity index (χ3n) is 3.83. The molecule has 0 aromatic heterocycles. The van der Waals surface area contributed by atoms with E-state index in [4.69, 9.17) is 9.47 Å². The number of aliphatic imine (C=N–C) groups is 1. The van der Waals surface area contributed by atoms with Crippen molar-refractivity contribution in [1.29, 1.82) is 0 Å². The SMILES string of the molecule is CCOCCNC(=NC)NCc1ccc(COCc2ccccc2)cc1. The lowest BCUT2D eigenvalue weighted by atomic mass is 10.1. The van der Waals surface area contributed by atoms with Crippen LogP contribution in [0.5, 0.6) is 0 Å². The summed E-state index contributed by atoms with van der Waals surface area (Å²) < 4.78 is 11.1. The highest BCUT2D eigenvalue weighted by atomic mass is 16.5. The van der Waals surface area contributed by atoms with Crippen LogP contribution < -0.4 is 10.6 Å². The highest BCUT2D eigenvalue weighted by Gasteiger charge is 2.00. The molecular weight excluding hydrogens is 326 g/mol. The first-order chi connectivity index (χ1) is 12.8. The van der Waals surface area contributed by atoms with Gasteiger partial charge >= 0.3 is 0 Å². The molecule has 0 aliphatic rings. The molecule has 5 heteroatoms. The van der Waals surface area contributed by atoms with Crippen LogP contribution in [-0.2, 0) is 29.2 Å². The van der Waals surface area contributed by atoms with Gasteiger partial charge in [-0.3, -0.25) is 4.99 Å².